The van der Waals surface area contributed by atoms with E-state index in [1.54, 1.807) is 25.9 Å². The second-order valence-corrected chi connectivity index (χ2v) is 7.71. The van der Waals surface area contributed by atoms with Crippen LogP contribution in [0, 0.1) is 0 Å². The summed E-state index contributed by atoms with van der Waals surface area (Å²) >= 11 is 1.48. The summed E-state index contributed by atoms with van der Waals surface area (Å²) in [6.45, 7) is 1.88. The number of benzene rings is 3. The van der Waals surface area contributed by atoms with Gasteiger partial charge in [0.2, 0.25) is 4.80 Å². The summed E-state index contributed by atoms with van der Waals surface area (Å²) in [7, 11) is 4.98. The average molecular weight is 434 g/mol. The molecule has 0 saturated carbocycles. The van der Waals surface area contributed by atoms with Crippen molar-refractivity contribution in [1.29, 1.82) is 0 Å². The lowest BCUT2D eigenvalue weighted by Crippen LogP contribution is -2.14. The Morgan fingerprint density at radius 2 is 1.84 bits per heavy atom. The summed E-state index contributed by atoms with van der Waals surface area (Å²) in [6, 6.07) is 17.3. The van der Waals surface area contributed by atoms with Crippen molar-refractivity contribution in [3.63, 3.8) is 0 Å². The maximum Gasteiger partial charge on any atom is 0.205 e. The Labute approximate surface area is 184 Å². The van der Waals surface area contributed by atoms with E-state index in [9.17, 15) is 5.11 Å². The molecule has 0 radical (unpaired) electrons. The van der Waals surface area contributed by atoms with E-state index in [2.05, 4.69) is 4.99 Å². The van der Waals surface area contributed by atoms with Crippen LogP contribution < -0.4 is 14.3 Å². The molecule has 1 heterocycles. The number of hydrogen-bond acceptors (Lipinski definition) is 6. The van der Waals surface area contributed by atoms with Crippen LogP contribution in [0.25, 0.3) is 22.0 Å². The van der Waals surface area contributed by atoms with Gasteiger partial charge in [-0.25, -0.2) is 4.68 Å². The van der Waals surface area contributed by atoms with E-state index in [1.807, 2.05) is 66.9 Å². The van der Waals surface area contributed by atoms with E-state index in [0.29, 0.717) is 22.8 Å². The number of hydrogen-bond donors (Lipinski definition) is 1. The van der Waals surface area contributed by atoms with Crippen LogP contribution in [0.15, 0.2) is 70.1 Å². The predicted octanol–water partition coefficient (Wildman–Crippen LogP) is 4.90. The maximum atomic E-state index is 10.9. The Morgan fingerprint density at radius 1 is 1.03 bits per heavy atom. The number of aromatic nitrogens is 1. The Kier molecular flexibility index (Phi) is 5.77. The normalized spacial score (nSPS) is 12.4. The molecule has 0 unspecified atom stereocenters. The minimum Gasteiger partial charge on any atom is -0.507 e. The molecule has 0 amide bonds. The Bertz CT molecular complexity index is 1350. The number of nitrogens with zero attached hydrogens (tertiary/aromatic N) is 3. The largest absolute Gasteiger partial charge is 0.507 e. The van der Waals surface area contributed by atoms with Crippen LogP contribution in [-0.2, 0) is 0 Å². The number of aromatic hydroxyl groups is 1. The minimum atomic E-state index is 0.216. The van der Waals surface area contributed by atoms with E-state index in [-0.39, 0.29) is 5.75 Å². The molecule has 0 aliphatic heterocycles. The van der Waals surface area contributed by atoms with Crippen molar-refractivity contribution in [3.8, 4) is 28.5 Å². The summed E-state index contributed by atoms with van der Waals surface area (Å²) in [6.07, 6.45) is 0. The minimum absolute atomic E-state index is 0.216. The predicted molar refractivity (Wildman–Crippen MR) is 126 cm³/mol. The number of phenols is 1. The highest BCUT2D eigenvalue weighted by Crippen LogP contribution is 2.34. The maximum absolute atomic E-state index is 10.9. The number of thiazole rings is 1. The van der Waals surface area contributed by atoms with Gasteiger partial charge in [-0.05, 0) is 30.5 Å². The third-order valence-electron chi connectivity index (χ3n) is 5.10. The lowest BCUT2D eigenvalue weighted by Gasteiger charge is -2.12. The average Bonchev–Trinajstić information content (AvgIpc) is 3.21. The summed E-state index contributed by atoms with van der Waals surface area (Å²) < 4.78 is 12.7. The number of ether oxygens (including phenoxy) is 2. The molecule has 0 saturated heterocycles. The van der Waals surface area contributed by atoms with E-state index in [0.717, 1.165) is 26.8 Å². The van der Waals surface area contributed by atoms with Crippen molar-refractivity contribution >= 4 is 27.8 Å². The third kappa shape index (κ3) is 3.80. The summed E-state index contributed by atoms with van der Waals surface area (Å²) in [5.74, 6) is 1.60. The summed E-state index contributed by atoms with van der Waals surface area (Å²) in [5, 5.41) is 19.4. The van der Waals surface area contributed by atoms with Crippen molar-refractivity contribution < 1.29 is 14.6 Å². The lowest BCUT2D eigenvalue weighted by molar-refractivity contribution is 0.395. The molecule has 0 spiro atoms. The van der Waals surface area contributed by atoms with Crippen molar-refractivity contribution in [2.75, 3.05) is 21.3 Å². The van der Waals surface area contributed by atoms with Crippen LogP contribution in [0.1, 0.15) is 12.5 Å². The molecule has 0 bridgehead atoms. The Hall–Kier alpha value is -3.58. The molecule has 0 aliphatic carbocycles. The van der Waals surface area contributed by atoms with Gasteiger partial charge in [0.05, 0.1) is 25.6 Å². The quantitative estimate of drug-likeness (QED) is 0.456. The topological polar surface area (TPSA) is 68.3 Å². The third-order valence-corrected chi connectivity index (χ3v) is 6.01. The second-order valence-electron chi connectivity index (χ2n) is 6.87. The van der Waals surface area contributed by atoms with Gasteiger partial charge in [0, 0.05) is 35.0 Å². The van der Waals surface area contributed by atoms with Crippen molar-refractivity contribution in [2.45, 2.75) is 6.92 Å². The van der Waals surface area contributed by atoms with Crippen LogP contribution in [0.2, 0.25) is 0 Å². The first-order valence-corrected chi connectivity index (χ1v) is 10.6. The van der Waals surface area contributed by atoms with Crippen molar-refractivity contribution in [2.24, 2.45) is 10.1 Å². The van der Waals surface area contributed by atoms with Gasteiger partial charge in [-0.2, -0.15) is 5.10 Å². The number of fused-ring (bicyclic) bond motifs is 1. The van der Waals surface area contributed by atoms with Gasteiger partial charge in [0.1, 0.15) is 17.2 Å². The monoisotopic (exact) mass is 433 g/mol. The molecule has 3 aromatic carbocycles. The first-order chi connectivity index (χ1) is 15.1. The smallest absolute Gasteiger partial charge is 0.205 e. The molecule has 0 fully saturated rings. The van der Waals surface area contributed by atoms with E-state index in [4.69, 9.17) is 14.6 Å². The zero-order valence-electron chi connectivity index (χ0n) is 17.8. The van der Waals surface area contributed by atoms with Crippen LogP contribution in [0.3, 0.4) is 0 Å². The molecule has 6 nitrogen and oxygen atoms in total. The second kappa shape index (κ2) is 8.65. The van der Waals surface area contributed by atoms with Gasteiger partial charge in [-0.15, -0.1) is 11.3 Å². The molecular formula is C24H23N3O3S. The molecule has 1 N–H and O–H groups in total. The van der Waals surface area contributed by atoms with Crippen LogP contribution in [-0.4, -0.2) is 36.8 Å². The lowest BCUT2D eigenvalue weighted by atomic mass is 10.0. The highest BCUT2D eigenvalue weighted by Gasteiger charge is 2.15. The Balaban J connectivity index is 1.88. The standard InChI is InChI=1S/C24H23N3O3S/c1-15(18-11-9-16-7-5-6-8-19(16)23(18)28)26-27-21(14-31-24(27)25-2)20-12-10-17(29-3)13-22(20)30-4/h5-14,28H,1-4H3. The van der Waals surface area contributed by atoms with Gasteiger partial charge in [-0.1, -0.05) is 30.3 Å². The summed E-state index contributed by atoms with van der Waals surface area (Å²) in [4.78, 5) is 5.10. The first-order valence-electron chi connectivity index (χ1n) is 9.69. The fraction of sp³-hybridized carbons (Fsp3) is 0.167. The first kappa shape index (κ1) is 20.7. The number of methoxy groups -OCH3 is 2. The SMILES string of the molecule is CN=c1scc(-c2ccc(OC)cc2OC)n1N=C(C)c1ccc2ccccc2c1O. The number of rotatable bonds is 5. The zero-order valence-corrected chi connectivity index (χ0v) is 18.6. The summed E-state index contributed by atoms with van der Waals surface area (Å²) in [5.41, 5.74) is 3.05. The molecule has 31 heavy (non-hydrogen) atoms. The van der Waals surface area contributed by atoms with Crippen LogP contribution in [0.4, 0.5) is 0 Å². The molecule has 0 atom stereocenters. The molecule has 4 rings (SSSR count). The van der Waals surface area contributed by atoms with Crippen molar-refractivity contribution in [3.05, 3.63) is 70.3 Å². The highest BCUT2D eigenvalue weighted by molar-refractivity contribution is 7.07. The van der Waals surface area contributed by atoms with Gasteiger partial charge in [-0.3, -0.25) is 4.99 Å². The molecule has 158 valence electrons. The zero-order chi connectivity index (χ0) is 22.0. The van der Waals surface area contributed by atoms with E-state index >= 15 is 0 Å². The van der Waals surface area contributed by atoms with Crippen LogP contribution >= 0.6 is 11.3 Å². The molecular weight excluding hydrogens is 410 g/mol. The van der Waals surface area contributed by atoms with Crippen molar-refractivity contribution in [1.82, 2.24) is 4.68 Å². The molecule has 4 aromatic rings. The number of phenolic OH excluding ortho intramolecular Hbond substituents is 1. The van der Waals surface area contributed by atoms with Gasteiger partial charge in [0.15, 0.2) is 0 Å². The van der Waals surface area contributed by atoms with Crippen LogP contribution in [0.5, 0.6) is 17.2 Å². The molecule has 0 aliphatic rings. The molecule has 7 heteroatoms. The van der Waals surface area contributed by atoms with Gasteiger partial charge in [0.25, 0.3) is 0 Å². The van der Waals surface area contributed by atoms with Gasteiger partial charge >= 0.3 is 0 Å². The highest BCUT2D eigenvalue weighted by atomic mass is 32.1. The van der Waals surface area contributed by atoms with E-state index < -0.39 is 0 Å². The Morgan fingerprint density at radius 3 is 2.58 bits per heavy atom. The van der Waals surface area contributed by atoms with Gasteiger partial charge < -0.3 is 14.6 Å². The molecule has 1 aromatic heterocycles. The fourth-order valence-corrected chi connectivity index (χ4v) is 4.28. The fourth-order valence-electron chi connectivity index (χ4n) is 3.49. The van der Waals surface area contributed by atoms with E-state index in [1.165, 1.54) is 11.3 Å².